The quantitative estimate of drug-likeness (QED) is 0.159. The molecule has 4 heterocycles. The number of anilines is 4. The van der Waals surface area contributed by atoms with E-state index in [1.807, 2.05) is 18.3 Å². The van der Waals surface area contributed by atoms with Gasteiger partial charge in [-0.05, 0) is 125 Å². The number of furan rings is 1. The number of ether oxygens (including phenoxy) is 1. The van der Waals surface area contributed by atoms with Crippen molar-refractivity contribution in [2.24, 2.45) is 0 Å². The molecule has 1 aliphatic rings. The molecule has 3 aromatic heterocycles. The van der Waals surface area contributed by atoms with E-state index in [0.29, 0.717) is 6.67 Å². The summed E-state index contributed by atoms with van der Waals surface area (Å²) in [6.07, 6.45) is 1.93. The van der Waals surface area contributed by atoms with Gasteiger partial charge in [-0.1, -0.05) is 139 Å². The summed E-state index contributed by atoms with van der Waals surface area (Å²) in [5.74, 6) is 2.36. The fraction of sp³-hybridized carbons (Fsp3) is 0.172. The van der Waals surface area contributed by atoms with E-state index < -0.39 is 0 Å². The summed E-state index contributed by atoms with van der Waals surface area (Å²) in [5, 5.41) is 4.33. The van der Waals surface area contributed by atoms with Crippen LogP contribution in [0.15, 0.2) is 187 Å². The summed E-state index contributed by atoms with van der Waals surface area (Å²) in [6.45, 7) is 18.7. The number of aromatic nitrogens is 2. The Morgan fingerprint density at radius 3 is 1.83 bits per heavy atom. The van der Waals surface area contributed by atoms with E-state index in [1.54, 1.807) is 0 Å². The molecule has 0 atom stereocenters. The van der Waals surface area contributed by atoms with Crippen molar-refractivity contribution in [3.05, 3.63) is 204 Å². The number of benzene rings is 8. The monoisotopic (exact) mass is 912 g/mol. The average molecular weight is 913 g/mol. The van der Waals surface area contributed by atoms with Gasteiger partial charge in [0, 0.05) is 51.3 Å². The standard InChI is InChI=1S/C64H56N4O2/c1-40-33-41(2)59(43-21-13-10-14-22-43)61(58(40)42-19-11-9-12-20-42)67-39-66(52-24-16-17-25-53(52)67)46-34-45(64(6,7)8)35-48(37-46)69-47-27-28-51-55(38-47)68(57-36-44(31-32-65-57)63(3,4)5)54-30-29-50-49-23-15-18-26-56(49)70-62(50)60(51)54/h9-38H,39H2,1-8H3. The Morgan fingerprint density at radius 1 is 0.514 bits per heavy atom. The van der Waals surface area contributed by atoms with Gasteiger partial charge in [0.15, 0.2) is 0 Å². The van der Waals surface area contributed by atoms with Crippen LogP contribution < -0.4 is 14.5 Å². The molecule has 8 aromatic carbocycles. The Balaban J connectivity index is 1.01. The predicted octanol–water partition coefficient (Wildman–Crippen LogP) is 17.7. The van der Waals surface area contributed by atoms with E-state index in [4.69, 9.17) is 14.1 Å². The van der Waals surface area contributed by atoms with Gasteiger partial charge < -0.3 is 19.0 Å². The van der Waals surface area contributed by atoms with Crippen LogP contribution in [0, 0.1) is 13.8 Å². The maximum absolute atomic E-state index is 7.11. The zero-order valence-electron chi connectivity index (χ0n) is 41.1. The summed E-state index contributed by atoms with van der Waals surface area (Å²) in [7, 11) is 0. The number of rotatable bonds is 7. The molecule has 344 valence electrons. The fourth-order valence-electron chi connectivity index (χ4n) is 10.7. The van der Waals surface area contributed by atoms with Crippen molar-refractivity contribution in [1.29, 1.82) is 0 Å². The van der Waals surface area contributed by atoms with Gasteiger partial charge in [0.05, 0.1) is 33.5 Å². The van der Waals surface area contributed by atoms with Crippen molar-refractivity contribution in [3.63, 3.8) is 0 Å². The van der Waals surface area contributed by atoms with E-state index in [0.717, 1.165) is 78.1 Å². The first-order chi connectivity index (χ1) is 33.8. The van der Waals surface area contributed by atoms with Crippen molar-refractivity contribution < 1.29 is 9.15 Å². The van der Waals surface area contributed by atoms with Crippen LogP contribution in [0.5, 0.6) is 11.5 Å². The Hall–Kier alpha value is -8.09. The van der Waals surface area contributed by atoms with Crippen LogP contribution in [-0.4, -0.2) is 16.2 Å². The van der Waals surface area contributed by atoms with Crippen LogP contribution in [0.3, 0.4) is 0 Å². The minimum Gasteiger partial charge on any atom is -0.457 e. The second kappa shape index (κ2) is 16.3. The number of fused-ring (bicyclic) bond motifs is 8. The maximum Gasteiger partial charge on any atom is 0.145 e. The molecule has 12 rings (SSSR count). The molecular formula is C64H56N4O2. The van der Waals surface area contributed by atoms with Crippen molar-refractivity contribution in [2.75, 3.05) is 16.5 Å². The molecule has 11 aromatic rings. The van der Waals surface area contributed by atoms with Crippen molar-refractivity contribution in [2.45, 2.75) is 66.2 Å². The highest BCUT2D eigenvalue weighted by Crippen LogP contribution is 2.53. The lowest BCUT2D eigenvalue weighted by atomic mass is 9.86. The van der Waals surface area contributed by atoms with Crippen LogP contribution in [0.25, 0.3) is 71.8 Å². The van der Waals surface area contributed by atoms with E-state index in [-0.39, 0.29) is 10.8 Å². The van der Waals surface area contributed by atoms with Gasteiger partial charge in [-0.25, -0.2) is 4.98 Å². The van der Waals surface area contributed by atoms with Gasteiger partial charge in [-0.2, -0.15) is 0 Å². The molecule has 6 nitrogen and oxygen atoms in total. The largest absolute Gasteiger partial charge is 0.457 e. The lowest BCUT2D eigenvalue weighted by Crippen LogP contribution is -2.25. The maximum atomic E-state index is 7.11. The predicted molar refractivity (Wildman–Crippen MR) is 292 cm³/mol. The molecule has 0 saturated carbocycles. The van der Waals surface area contributed by atoms with Crippen molar-refractivity contribution in [1.82, 2.24) is 9.55 Å². The third-order valence-electron chi connectivity index (χ3n) is 14.2. The SMILES string of the molecule is Cc1cc(C)c(-c2ccccc2)c(N2CN(c3cc(Oc4ccc5c6c7oc8ccccc8c7ccc6n(-c6cc(C(C)(C)C)ccn6)c5c4)cc(C(C)(C)C)c3)c3ccccc32)c1-c1ccccc1. The van der Waals surface area contributed by atoms with Gasteiger partial charge in [0.25, 0.3) is 0 Å². The first-order valence-electron chi connectivity index (χ1n) is 24.4. The molecule has 0 amide bonds. The van der Waals surface area contributed by atoms with E-state index >= 15 is 0 Å². The number of pyridine rings is 1. The molecule has 0 N–H and O–H groups in total. The second-order valence-electron chi connectivity index (χ2n) is 21.0. The van der Waals surface area contributed by atoms with Gasteiger partial charge in [-0.3, -0.25) is 4.57 Å². The smallest absolute Gasteiger partial charge is 0.145 e. The van der Waals surface area contributed by atoms with Crippen LogP contribution >= 0.6 is 0 Å². The molecule has 0 spiro atoms. The molecular weight excluding hydrogens is 857 g/mol. The highest BCUT2D eigenvalue weighted by Gasteiger charge is 2.34. The number of nitrogens with zero attached hydrogens (tertiary/aromatic N) is 4. The van der Waals surface area contributed by atoms with E-state index in [2.05, 4.69) is 234 Å². The molecule has 0 saturated heterocycles. The lowest BCUT2D eigenvalue weighted by molar-refractivity contribution is 0.479. The molecule has 0 bridgehead atoms. The van der Waals surface area contributed by atoms with Crippen LogP contribution in [-0.2, 0) is 10.8 Å². The van der Waals surface area contributed by atoms with Gasteiger partial charge >= 0.3 is 0 Å². The first-order valence-corrected chi connectivity index (χ1v) is 24.4. The fourth-order valence-corrected chi connectivity index (χ4v) is 10.7. The summed E-state index contributed by atoms with van der Waals surface area (Å²) < 4.78 is 16.1. The molecule has 1 aliphatic heterocycles. The van der Waals surface area contributed by atoms with E-state index in [1.165, 1.54) is 50.2 Å². The van der Waals surface area contributed by atoms with Crippen LogP contribution in [0.2, 0.25) is 0 Å². The minimum atomic E-state index is -0.167. The van der Waals surface area contributed by atoms with Crippen LogP contribution in [0.4, 0.5) is 22.7 Å². The minimum absolute atomic E-state index is 0.0628. The lowest BCUT2D eigenvalue weighted by Gasteiger charge is -2.30. The number of hydrogen-bond donors (Lipinski definition) is 0. The Morgan fingerprint density at radius 2 is 1.14 bits per heavy atom. The second-order valence-corrected chi connectivity index (χ2v) is 21.0. The third kappa shape index (κ3) is 7.20. The topological polar surface area (TPSA) is 46.7 Å². The number of hydrogen-bond acceptors (Lipinski definition) is 5. The summed E-state index contributed by atoms with van der Waals surface area (Å²) in [5.41, 5.74) is 17.9. The molecule has 0 unspecified atom stereocenters. The zero-order valence-corrected chi connectivity index (χ0v) is 41.1. The highest BCUT2D eigenvalue weighted by molar-refractivity contribution is 6.24. The Bertz CT molecular complexity index is 3770. The number of aryl methyl sites for hydroxylation is 2. The van der Waals surface area contributed by atoms with Crippen molar-refractivity contribution >= 4 is 66.5 Å². The molecule has 6 heteroatoms. The van der Waals surface area contributed by atoms with Gasteiger partial charge in [0.1, 0.15) is 35.2 Å². The average Bonchev–Trinajstić information content (AvgIpc) is 4.03. The van der Waals surface area contributed by atoms with Crippen LogP contribution in [0.1, 0.15) is 63.8 Å². The summed E-state index contributed by atoms with van der Waals surface area (Å²) in [4.78, 5) is 9.99. The van der Waals surface area contributed by atoms with Crippen molar-refractivity contribution in [3.8, 4) is 39.6 Å². The van der Waals surface area contributed by atoms with Gasteiger partial charge in [0.2, 0.25) is 0 Å². The molecule has 0 fully saturated rings. The normalized spacial score (nSPS) is 13.0. The first kappa shape index (κ1) is 43.2. The van der Waals surface area contributed by atoms with Gasteiger partial charge in [-0.15, -0.1) is 0 Å². The molecule has 70 heavy (non-hydrogen) atoms. The Labute approximate surface area is 410 Å². The summed E-state index contributed by atoms with van der Waals surface area (Å²) >= 11 is 0. The summed E-state index contributed by atoms with van der Waals surface area (Å²) in [6, 6.07) is 63.1. The molecule has 0 aliphatic carbocycles. The zero-order chi connectivity index (χ0) is 48.1. The molecule has 0 radical (unpaired) electrons. The van der Waals surface area contributed by atoms with E-state index in [9.17, 15) is 0 Å². The highest BCUT2D eigenvalue weighted by atomic mass is 16.5. The third-order valence-corrected chi connectivity index (χ3v) is 14.2. The Kier molecular flexibility index (Phi) is 10.0. The number of para-hydroxylation sites is 3.